The van der Waals surface area contributed by atoms with Crippen molar-refractivity contribution in [2.24, 2.45) is 0 Å². The second-order valence-corrected chi connectivity index (χ2v) is 8.58. The van der Waals surface area contributed by atoms with Gasteiger partial charge in [0.25, 0.3) is 0 Å². The number of hydrogen-bond donors (Lipinski definition) is 0. The first-order valence-electron chi connectivity index (χ1n) is 5.13. The van der Waals surface area contributed by atoms with Gasteiger partial charge in [0.1, 0.15) is 0 Å². The third-order valence-corrected chi connectivity index (χ3v) is 5.95. The lowest BCUT2D eigenvalue weighted by Gasteiger charge is -2.24. The summed E-state index contributed by atoms with van der Waals surface area (Å²) in [5.74, 6) is 0. The predicted octanol–water partition coefficient (Wildman–Crippen LogP) is 3.37. The summed E-state index contributed by atoms with van der Waals surface area (Å²) in [4.78, 5) is 1.28. The molecule has 0 radical (unpaired) electrons. The molecule has 0 amide bonds. The van der Waals surface area contributed by atoms with E-state index in [1.807, 2.05) is 5.41 Å². The van der Waals surface area contributed by atoms with Crippen LogP contribution in [0.25, 0.3) is 0 Å². The topological polar surface area (TPSA) is 9.23 Å². The number of benzene rings is 1. The molecule has 0 spiro atoms. The maximum absolute atomic E-state index is 5.89. The third kappa shape index (κ3) is 3.23. The first kappa shape index (κ1) is 12.6. The van der Waals surface area contributed by atoms with Gasteiger partial charge in [-0.3, -0.25) is 0 Å². The van der Waals surface area contributed by atoms with E-state index < -0.39 is 8.32 Å². The van der Waals surface area contributed by atoms with Crippen molar-refractivity contribution < 1.29 is 4.43 Å². The fraction of sp³-hybridized carbons (Fsp3) is 0.333. The molecule has 0 atom stereocenters. The van der Waals surface area contributed by atoms with Crippen LogP contribution in [-0.4, -0.2) is 14.9 Å². The van der Waals surface area contributed by atoms with Crippen LogP contribution in [0.2, 0.25) is 13.1 Å². The van der Waals surface area contributed by atoms with Crippen LogP contribution in [0, 0.1) is 0 Å². The Morgan fingerprint density at radius 1 is 1.40 bits per heavy atom. The van der Waals surface area contributed by atoms with Gasteiger partial charge in [0.15, 0.2) is 0 Å². The van der Waals surface area contributed by atoms with Crippen LogP contribution in [0.5, 0.6) is 0 Å². The highest BCUT2D eigenvalue weighted by Gasteiger charge is 2.27. The molecule has 1 aromatic rings. The largest absolute Gasteiger partial charge is 0.413 e. The fourth-order valence-corrected chi connectivity index (χ4v) is 5.09. The molecule has 0 aliphatic rings. The highest BCUT2D eigenvalue weighted by Crippen LogP contribution is 2.20. The minimum Gasteiger partial charge on any atom is -0.413 e. The number of rotatable bonds is 5. The molecule has 1 nitrogen and oxygen atoms in total. The van der Waals surface area contributed by atoms with Crippen molar-refractivity contribution in [3.63, 3.8) is 0 Å². The van der Waals surface area contributed by atoms with E-state index in [0.29, 0.717) is 0 Å². The minimum atomic E-state index is -1.73. The summed E-state index contributed by atoms with van der Waals surface area (Å²) in [6.07, 6.45) is 0. The molecular weight excluding hydrogens is 220 g/mol. The Bertz CT molecular complexity index is 336. The van der Waals surface area contributed by atoms with Crippen molar-refractivity contribution in [3.05, 3.63) is 36.3 Å². The van der Waals surface area contributed by atoms with E-state index in [1.165, 1.54) is 10.1 Å². The van der Waals surface area contributed by atoms with Gasteiger partial charge in [-0.25, -0.2) is 0 Å². The molecule has 0 fully saturated rings. The summed E-state index contributed by atoms with van der Waals surface area (Å²) in [5, 5.41) is 3.23. The SMILES string of the molecule is C=CSc1ccccc1[Si](C)(C)OCC. The van der Waals surface area contributed by atoms with Crippen molar-refractivity contribution in [2.75, 3.05) is 6.61 Å². The maximum atomic E-state index is 5.89. The monoisotopic (exact) mass is 238 g/mol. The maximum Gasteiger partial charge on any atom is 0.219 e. The average Bonchev–Trinajstić information content (AvgIpc) is 2.19. The molecule has 0 aromatic heterocycles. The van der Waals surface area contributed by atoms with Gasteiger partial charge in [0.05, 0.1) is 0 Å². The highest BCUT2D eigenvalue weighted by molar-refractivity contribution is 8.02. The van der Waals surface area contributed by atoms with Gasteiger partial charge >= 0.3 is 0 Å². The van der Waals surface area contributed by atoms with E-state index in [2.05, 4.69) is 50.9 Å². The van der Waals surface area contributed by atoms with E-state index in [9.17, 15) is 0 Å². The Morgan fingerprint density at radius 3 is 2.67 bits per heavy atom. The third-order valence-electron chi connectivity index (χ3n) is 2.25. The molecule has 0 aliphatic carbocycles. The van der Waals surface area contributed by atoms with Gasteiger partial charge in [-0.2, -0.15) is 0 Å². The van der Waals surface area contributed by atoms with Crippen LogP contribution in [0.15, 0.2) is 41.1 Å². The van der Waals surface area contributed by atoms with Crippen molar-refractivity contribution in [3.8, 4) is 0 Å². The molecule has 0 saturated carbocycles. The second-order valence-electron chi connectivity index (χ2n) is 3.72. The fourth-order valence-electron chi connectivity index (χ4n) is 1.60. The molecule has 0 aliphatic heterocycles. The van der Waals surface area contributed by atoms with Crippen molar-refractivity contribution in [2.45, 2.75) is 24.9 Å². The van der Waals surface area contributed by atoms with Gasteiger partial charge < -0.3 is 4.43 Å². The van der Waals surface area contributed by atoms with Gasteiger partial charge in [-0.1, -0.05) is 36.5 Å². The van der Waals surface area contributed by atoms with Crippen molar-refractivity contribution in [1.82, 2.24) is 0 Å². The first-order valence-corrected chi connectivity index (χ1v) is 8.91. The summed E-state index contributed by atoms with van der Waals surface area (Å²) in [5.41, 5.74) is 0. The molecule has 0 unspecified atom stereocenters. The highest BCUT2D eigenvalue weighted by atomic mass is 32.2. The number of hydrogen-bond acceptors (Lipinski definition) is 2. The van der Waals surface area contributed by atoms with E-state index in [4.69, 9.17) is 4.43 Å². The van der Waals surface area contributed by atoms with Crippen LogP contribution < -0.4 is 5.19 Å². The minimum absolute atomic E-state index is 0.784. The lowest BCUT2D eigenvalue weighted by atomic mass is 10.4. The Morgan fingerprint density at radius 2 is 2.07 bits per heavy atom. The Kier molecular flexibility index (Phi) is 4.64. The van der Waals surface area contributed by atoms with Crippen LogP contribution in [0.1, 0.15) is 6.92 Å². The molecule has 82 valence electrons. The molecule has 15 heavy (non-hydrogen) atoms. The zero-order valence-electron chi connectivity index (χ0n) is 9.62. The smallest absolute Gasteiger partial charge is 0.219 e. The van der Waals surface area contributed by atoms with Crippen LogP contribution >= 0.6 is 11.8 Å². The summed E-state index contributed by atoms with van der Waals surface area (Å²) in [6, 6.07) is 8.45. The summed E-state index contributed by atoms with van der Waals surface area (Å²) < 4.78 is 5.89. The standard InChI is InChI=1S/C12H18OSSi/c1-5-13-15(3,4)12-10-8-7-9-11(12)14-6-2/h6-10H,2,5H2,1,3-4H3. The molecule has 1 rings (SSSR count). The van der Waals surface area contributed by atoms with Gasteiger partial charge in [-0.05, 0) is 36.7 Å². The second kappa shape index (κ2) is 5.54. The molecule has 0 bridgehead atoms. The van der Waals surface area contributed by atoms with Gasteiger partial charge in [0.2, 0.25) is 8.32 Å². The predicted molar refractivity (Wildman–Crippen MR) is 71.2 cm³/mol. The Balaban J connectivity index is 3.05. The summed E-state index contributed by atoms with van der Waals surface area (Å²) in [7, 11) is -1.73. The Labute approximate surface area is 97.7 Å². The zero-order chi connectivity index (χ0) is 11.3. The van der Waals surface area contributed by atoms with Crippen molar-refractivity contribution in [1.29, 1.82) is 0 Å². The average molecular weight is 238 g/mol. The van der Waals surface area contributed by atoms with E-state index in [0.717, 1.165) is 6.61 Å². The summed E-state index contributed by atoms with van der Waals surface area (Å²) in [6.45, 7) is 11.1. The zero-order valence-corrected chi connectivity index (χ0v) is 11.4. The molecule has 0 heterocycles. The van der Waals surface area contributed by atoms with Crippen LogP contribution in [0.3, 0.4) is 0 Å². The summed E-state index contributed by atoms with van der Waals surface area (Å²) >= 11 is 1.67. The van der Waals surface area contributed by atoms with Crippen LogP contribution in [0.4, 0.5) is 0 Å². The Hall–Kier alpha value is -0.513. The van der Waals surface area contributed by atoms with Gasteiger partial charge in [-0.15, -0.1) is 0 Å². The van der Waals surface area contributed by atoms with E-state index in [-0.39, 0.29) is 0 Å². The van der Waals surface area contributed by atoms with Crippen LogP contribution in [-0.2, 0) is 4.43 Å². The lowest BCUT2D eigenvalue weighted by molar-refractivity contribution is 0.338. The van der Waals surface area contributed by atoms with E-state index in [1.54, 1.807) is 11.8 Å². The molecule has 0 N–H and O–H groups in total. The lowest BCUT2D eigenvalue weighted by Crippen LogP contribution is -2.45. The normalized spacial score (nSPS) is 11.4. The van der Waals surface area contributed by atoms with E-state index >= 15 is 0 Å². The molecule has 3 heteroatoms. The molecule has 1 aromatic carbocycles. The molecule has 0 saturated heterocycles. The quantitative estimate of drug-likeness (QED) is 0.574. The molecular formula is C12H18OSSi. The number of thioether (sulfide) groups is 1. The first-order chi connectivity index (χ1) is 7.11. The van der Waals surface area contributed by atoms with Crippen molar-refractivity contribution >= 4 is 25.3 Å². The van der Waals surface area contributed by atoms with Gasteiger partial charge in [0, 0.05) is 11.5 Å².